The summed E-state index contributed by atoms with van der Waals surface area (Å²) < 4.78 is 5.47. The van der Waals surface area contributed by atoms with Crippen LogP contribution in [-0.2, 0) is 9.53 Å². The molecule has 0 aliphatic carbocycles. The van der Waals surface area contributed by atoms with Gasteiger partial charge in [-0.2, -0.15) is 0 Å². The molecule has 5 nitrogen and oxygen atoms in total. The molecule has 3 atom stereocenters. The van der Waals surface area contributed by atoms with Gasteiger partial charge in [-0.25, -0.2) is 0 Å². The Morgan fingerprint density at radius 2 is 2.10 bits per heavy atom. The third-order valence-electron chi connectivity index (χ3n) is 4.21. The second kappa shape index (κ2) is 7.96. The summed E-state index contributed by atoms with van der Waals surface area (Å²) >= 11 is 0. The molecule has 2 aliphatic rings. The topological polar surface area (TPSA) is 53.6 Å². The first kappa shape index (κ1) is 15.7. The first-order valence-electron chi connectivity index (χ1n) is 8.03. The maximum absolute atomic E-state index is 12.3. The third-order valence-corrected chi connectivity index (χ3v) is 4.21. The highest BCUT2D eigenvalue weighted by Gasteiger charge is 2.24. The third kappa shape index (κ3) is 4.72. The smallest absolute Gasteiger partial charge is 0.239 e. The lowest BCUT2D eigenvalue weighted by Crippen LogP contribution is -2.51. The molecule has 2 heterocycles. The maximum Gasteiger partial charge on any atom is 0.239 e. The van der Waals surface area contributed by atoms with Crippen LogP contribution in [0.3, 0.4) is 0 Å². The average molecular weight is 283 g/mol. The Labute approximate surface area is 122 Å². The van der Waals surface area contributed by atoms with Crippen molar-refractivity contribution in [2.24, 2.45) is 0 Å². The molecule has 2 saturated heterocycles. The molecule has 1 amide bonds. The first-order chi connectivity index (χ1) is 9.66. The number of rotatable bonds is 5. The Balaban J connectivity index is 1.71. The predicted molar refractivity (Wildman–Crippen MR) is 79.7 cm³/mol. The van der Waals surface area contributed by atoms with Crippen LogP contribution < -0.4 is 10.6 Å². The molecule has 116 valence electrons. The van der Waals surface area contributed by atoms with Crippen LogP contribution in [0.4, 0.5) is 0 Å². The fraction of sp³-hybridized carbons (Fsp3) is 0.933. The molecule has 2 fully saturated rings. The van der Waals surface area contributed by atoms with E-state index in [2.05, 4.69) is 17.6 Å². The van der Waals surface area contributed by atoms with Crippen LogP contribution in [0.1, 0.15) is 39.5 Å². The molecule has 2 N–H and O–H groups in total. The van der Waals surface area contributed by atoms with Gasteiger partial charge in [0.05, 0.1) is 19.3 Å². The van der Waals surface area contributed by atoms with E-state index in [1.807, 2.05) is 11.8 Å². The Morgan fingerprint density at radius 3 is 2.75 bits per heavy atom. The van der Waals surface area contributed by atoms with Gasteiger partial charge in [0.25, 0.3) is 0 Å². The number of piperidine rings is 1. The minimum absolute atomic E-state index is 0.0902. The molecule has 0 bridgehead atoms. The Morgan fingerprint density at radius 1 is 1.35 bits per heavy atom. The van der Waals surface area contributed by atoms with Crippen molar-refractivity contribution in [1.29, 1.82) is 0 Å². The summed E-state index contributed by atoms with van der Waals surface area (Å²) in [6, 6.07) is 0.633. The molecule has 0 aromatic carbocycles. The van der Waals surface area contributed by atoms with Gasteiger partial charge in [0.1, 0.15) is 0 Å². The van der Waals surface area contributed by atoms with Gasteiger partial charge in [0.2, 0.25) is 5.91 Å². The fourth-order valence-corrected chi connectivity index (χ4v) is 3.15. The summed E-state index contributed by atoms with van der Waals surface area (Å²) in [5, 5.41) is 6.89. The first-order valence-corrected chi connectivity index (χ1v) is 8.03. The second-order valence-corrected chi connectivity index (χ2v) is 6.14. The number of hydrogen-bond donors (Lipinski definition) is 2. The predicted octanol–water partition coefficient (Wildman–Crippen LogP) is 0.744. The highest BCUT2D eigenvalue weighted by atomic mass is 16.5. The molecule has 0 spiro atoms. The standard InChI is InChI=1S/C15H29N3O2/c1-12(10-14-11-20-9-6-16-14)17-13(2)15(19)18-7-4-3-5-8-18/h12-14,16-17H,3-11H2,1-2H3. The van der Waals surface area contributed by atoms with Crippen molar-refractivity contribution < 1.29 is 9.53 Å². The van der Waals surface area contributed by atoms with Crippen molar-refractivity contribution in [3.05, 3.63) is 0 Å². The fourth-order valence-electron chi connectivity index (χ4n) is 3.15. The van der Waals surface area contributed by atoms with Crippen LogP contribution in [0, 0.1) is 0 Å². The molecule has 0 aromatic heterocycles. The average Bonchev–Trinajstić information content (AvgIpc) is 2.48. The lowest BCUT2D eigenvalue weighted by atomic mass is 10.1. The van der Waals surface area contributed by atoms with Crippen molar-refractivity contribution in [3.63, 3.8) is 0 Å². The largest absolute Gasteiger partial charge is 0.379 e. The molecule has 2 aliphatic heterocycles. The molecule has 0 aromatic rings. The van der Waals surface area contributed by atoms with Crippen molar-refractivity contribution >= 4 is 5.91 Å². The Hall–Kier alpha value is -0.650. The van der Waals surface area contributed by atoms with Gasteiger partial charge in [0, 0.05) is 31.7 Å². The Bertz CT molecular complexity index is 299. The summed E-state index contributed by atoms with van der Waals surface area (Å²) in [5.74, 6) is 0.254. The van der Waals surface area contributed by atoms with E-state index in [1.54, 1.807) is 0 Å². The minimum Gasteiger partial charge on any atom is -0.379 e. The van der Waals surface area contributed by atoms with Gasteiger partial charge < -0.3 is 20.3 Å². The summed E-state index contributed by atoms with van der Waals surface area (Å²) in [4.78, 5) is 14.4. The number of ether oxygens (including phenoxy) is 1. The van der Waals surface area contributed by atoms with Gasteiger partial charge in [-0.05, 0) is 39.5 Å². The van der Waals surface area contributed by atoms with E-state index < -0.39 is 0 Å². The summed E-state index contributed by atoms with van der Waals surface area (Å²) in [5.41, 5.74) is 0. The van der Waals surface area contributed by atoms with Crippen LogP contribution >= 0.6 is 0 Å². The summed E-state index contributed by atoms with van der Waals surface area (Å²) in [6.45, 7) is 8.51. The van der Waals surface area contributed by atoms with E-state index in [0.717, 1.165) is 52.1 Å². The van der Waals surface area contributed by atoms with Crippen LogP contribution in [0.15, 0.2) is 0 Å². The zero-order valence-electron chi connectivity index (χ0n) is 12.9. The minimum atomic E-state index is -0.0902. The van der Waals surface area contributed by atoms with Crippen LogP contribution in [-0.4, -0.2) is 61.8 Å². The highest BCUT2D eigenvalue weighted by molar-refractivity contribution is 5.81. The van der Waals surface area contributed by atoms with Crippen LogP contribution in [0.5, 0.6) is 0 Å². The van der Waals surface area contributed by atoms with E-state index in [-0.39, 0.29) is 11.9 Å². The molecular formula is C15H29N3O2. The SMILES string of the molecule is CC(CC1COCCN1)NC(C)C(=O)N1CCCCC1. The summed E-state index contributed by atoms with van der Waals surface area (Å²) in [7, 11) is 0. The number of carbonyl (C=O) groups is 1. The number of carbonyl (C=O) groups excluding carboxylic acids is 1. The number of hydrogen-bond acceptors (Lipinski definition) is 4. The molecule has 0 saturated carbocycles. The maximum atomic E-state index is 12.3. The summed E-state index contributed by atoms with van der Waals surface area (Å²) in [6.07, 6.45) is 4.56. The zero-order valence-corrected chi connectivity index (χ0v) is 12.9. The van der Waals surface area contributed by atoms with E-state index >= 15 is 0 Å². The van der Waals surface area contributed by atoms with Crippen molar-refractivity contribution in [2.75, 3.05) is 32.8 Å². The number of nitrogens with zero attached hydrogens (tertiary/aromatic N) is 1. The molecule has 2 rings (SSSR count). The quantitative estimate of drug-likeness (QED) is 0.781. The van der Waals surface area contributed by atoms with Gasteiger partial charge >= 0.3 is 0 Å². The molecular weight excluding hydrogens is 254 g/mol. The second-order valence-electron chi connectivity index (χ2n) is 6.14. The van der Waals surface area contributed by atoms with Gasteiger partial charge in [-0.1, -0.05) is 0 Å². The van der Waals surface area contributed by atoms with Crippen molar-refractivity contribution in [2.45, 2.75) is 57.7 Å². The van der Waals surface area contributed by atoms with Gasteiger partial charge in [-0.3, -0.25) is 4.79 Å². The molecule has 3 unspecified atom stereocenters. The van der Waals surface area contributed by atoms with Crippen LogP contribution in [0.25, 0.3) is 0 Å². The normalized spacial score (nSPS) is 27.1. The monoisotopic (exact) mass is 283 g/mol. The molecule has 20 heavy (non-hydrogen) atoms. The van der Waals surface area contributed by atoms with Crippen molar-refractivity contribution in [3.8, 4) is 0 Å². The number of amides is 1. The zero-order chi connectivity index (χ0) is 14.4. The van der Waals surface area contributed by atoms with Crippen molar-refractivity contribution in [1.82, 2.24) is 15.5 Å². The number of likely N-dealkylation sites (tertiary alicyclic amines) is 1. The lowest BCUT2D eigenvalue weighted by Gasteiger charge is -2.32. The van der Waals surface area contributed by atoms with Crippen LogP contribution in [0.2, 0.25) is 0 Å². The highest BCUT2D eigenvalue weighted by Crippen LogP contribution is 2.11. The van der Waals surface area contributed by atoms with E-state index in [4.69, 9.17) is 4.74 Å². The molecule has 5 heteroatoms. The van der Waals surface area contributed by atoms with E-state index in [9.17, 15) is 4.79 Å². The lowest BCUT2D eigenvalue weighted by molar-refractivity contribution is -0.134. The van der Waals surface area contributed by atoms with Gasteiger partial charge in [-0.15, -0.1) is 0 Å². The number of morpholine rings is 1. The van der Waals surface area contributed by atoms with E-state index in [1.165, 1.54) is 6.42 Å². The molecule has 0 radical (unpaired) electrons. The number of nitrogens with one attached hydrogen (secondary N) is 2. The van der Waals surface area contributed by atoms with Gasteiger partial charge in [0.15, 0.2) is 0 Å². The van der Waals surface area contributed by atoms with E-state index in [0.29, 0.717) is 12.1 Å². The Kier molecular flexibility index (Phi) is 6.26.